The van der Waals surface area contributed by atoms with Crippen molar-refractivity contribution in [1.29, 1.82) is 0 Å². The minimum absolute atomic E-state index is 0.144. The summed E-state index contributed by atoms with van der Waals surface area (Å²) in [4.78, 5) is 24.1. The maximum atomic E-state index is 11.8. The van der Waals surface area contributed by atoms with Crippen molar-refractivity contribution in [2.45, 2.75) is 0 Å². The van der Waals surface area contributed by atoms with Gasteiger partial charge in [-0.2, -0.15) is 4.98 Å². The molecule has 0 saturated carbocycles. The van der Waals surface area contributed by atoms with Gasteiger partial charge in [0.15, 0.2) is 5.65 Å². The topological polar surface area (TPSA) is 92.9 Å². The molecular weight excluding hydrogens is 318 g/mol. The van der Waals surface area contributed by atoms with Crippen molar-refractivity contribution in [2.75, 3.05) is 5.32 Å². The van der Waals surface area contributed by atoms with Crippen LogP contribution in [0, 0.1) is 0 Å². The Hall–Kier alpha value is -3.74. The molecule has 0 aliphatic rings. The van der Waals surface area contributed by atoms with E-state index >= 15 is 0 Å². The van der Waals surface area contributed by atoms with Gasteiger partial charge >= 0.3 is 5.69 Å². The molecule has 0 spiro atoms. The van der Waals surface area contributed by atoms with Crippen LogP contribution in [0.1, 0.15) is 0 Å². The van der Waals surface area contributed by atoms with Crippen LogP contribution >= 0.6 is 0 Å². The molecule has 0 bridgehead atoms. The minimum Gasteiger partial charge on any atom is -0.422 e. The minimum atomic E-state index is -0.797. The molecule has 7 nitrogen and oxygen atoms in total. The molecule has 1 aromatic carbocycles. The Labute approximate surface area is 142 Å². The first-order valence-corrected chi connectivity index (χ1v) is 7.58. The van der Waals surface area contributed by atoms with Crippen LogP contribution < -0.4 is 11.0 Å². The van der Waals surface area contributed by atoms with Crippen LogP contribution in [0.3, 0.4) is 0 Å². The summed E-state index contributed by atoms with van der Waals surface area (Å²) in [6.45, 7) is 0. The maximum Gasteiger partial charge on any atom is 0.384 e. The van der Waals surface area contributed by atoms with Gasteiger partial charge in [-0.25, -0.2) is 9.78 Å². The molecule has 25 heavy (non-hydrogen) atoms. The third-order valence-electron chi connectivity index (χ3n) is 3.72. The summed E-state index contributed by atoms with van der Waals surface area (Å²) in [5.74, 6) is 0.330. The van der Waals surface area contributed by atoms with E-state index in [2.05, 4.69) is 20.3 Å². The summed E-state index contributed by atoms with van der Waals surface area (Å²) < 4.78 is 0.435. The SMILES string of the molecule is O=c1nc(Nc2cccc(-c3ccccn3)c2)c2cccnc2n1O. The zero-order valence-corrected chi connectivity index (χ0v) is 13.0. The monoisotopic (exact) mass is 331 g/mol. The van der Waals surface area contributed by atoms with Crippen LogP contribution in [0.2, 0.25) is 0 Å². The normalized spacial score (nSPS) is 10.7. The summed E-state index contributed by atoms with van der Waals surface area (Å²) in [5, 5.41) is 13.4. The van der Waals surface area contributed by atoms with E-state index in [0.717, 1.165) is 16.9 Å². The van der Waals surface area contributed by atoms with Crippen molar-refractivity contribution < 1.29 is 5.21 Å². The smallest absolute Gasteiger partial charge is 0.384 e. The number of hydrogen-bond donors (Lipinski definition) is 2. The van der Waals surface area contributed by atoms with Gasteiger partial charge in [0.05, 0.1) is 11.1 Å². The molecule has 4 aromatic rings. The number of rotatable bonds is 3. The molecule has 4 rings (SSSR count). The largest absolute Gasteiger partial charge is 0.422 e. The van der Waals surface area contributed by atoms with Crippen LogP contribution in [0.25, 0.3) is 22.3 Å². The quantitative estimate of drug-likeness (QED) is 0.561. The summed E-state index contributed by atoms with van der Waals surface area (Å²) in [6, 6.07) is 16.8. The van der Waals surface area contributed by atoms with Gasteiger partial charge < -0.3 is 10.5 Å². The highest BCUT2D eigenvalue weighted by molar-refractivity contribution is 5.88. The molecule has 0 fully saturated rings. The first kappa shape index (κ1) is 14.8. The van der Waals surface area contributed by atoms with E-state index in [1.165, 1.54) is 6.20 Å². The van der Waals surface area contributed by atoms with Crippen LogP contribution in [-0.2, 0) is 0 Å². The number of aromatic nitrogens is 4. The number of anilines is 2. The summed E-state index contributed by atoms with van der Waals surface area (Å²) >= 11 is 0. The van der Waals surface area contributed by atoms with Crippen LogP contribution in [0.15, 0.2) is 71.8 Å². The number of nitrogens with one attached hydrogen (secondary N) is 1. The number of pyridine rings is 2. The highest BCUT2D eigenvalue weighted by atomic mass is 16.5. The van der Waals surface area contributed by atoms with Gasteiger partial charge in [0.2, 0.25) is 0 Å². The van der Waals surface area contributed by atoms with Crippen molar-refractivity contribution in [3.05, 3.63) is 77.5 Å². The highest BCUT2D eigenvalue weighted by Gasteiger charge is 2.11. The van der Waals surface area contributed by atoms with E-state index in [1.54, 1.807) is 18.3 Å². The fraction of sp³-hybridized carbons (Fsp3) is 0. The second kappa shape index (κ2) is 6.04. The van der Waals surface area contributed by atoms with E-state index in [0.29, 0.717) is 15.9 Å². The van der Waals surface area contributed by atoms with E-state index < -0.39 is 5.69 Å². The second-order valence-corrected chi connectivity index (χ2v) is 5.35. The van der Waals surface area contributed by atoms with Gasteiger partial charge in [0.25, 0.3) is 0 Å². The van der Waals surface area contributed by atoms with Crippen molar-refractivity contribution in [3.63, 3.8) is 0 Å². The molecule has 0 amide bonds. The van der Waals surface area contributed by atoms with Gasteiger partial charge in [-0.15, -0.1) is 4.73 Å². The summed E-state index contributed by atoms with van der Waals surface area (Å²) in [5.41, 5.74) is 1.87. The van der Waals surface area contributed by atoms with Gasteiger partial charge in [0.1, 0.15) is 5.82 Å². The first-order chi connectivity index (χ1) is 12.2. The lowest BCUT2D eigenvalue weighted by Crippen LogP contribution is -2.23. The van der Waals surface area contributed by atoms with Gasteiger partial charge in [-0.1, -0.05) is 18.2 Å². The van der Waals surface area contributed by atoms with Crippen LogP contribution in [-0.4, -0.2) is 24.9 Å². The lowest BCUT2D eigenvalue weighted by atomic mass is 10.1. The standard InChI is InChI=1S/C18H13N5O2/c24-18-22-16(14-7-4-10-20-17(14)23(18)25)21-13-6-3-5-12(11-13)15-8-1-2-9-19-15/h1-11,25H,(H,21,22,24). The molecule has 0 atom stereocenters. The van der Waals surface area contributed by atoms with Crippen LogP contribution in [0.5, 0.6) is 0 Å². The molecule has 0 radical (unpaired) electrons. The van der Waals surface area contributed by atoms with E-state index in [9.17, 15) is 10.0 Å². The van der Waals surface area contributed by atoms with Crippen molar-refractivity contribution in [3.8, 4) is 11.3 Å². The van der Waals surface area contributed by atoms with Crippen molar-refractivity contribution >= 4 is 22.5 Å². The van der Waals surface area contributed by atoms with Gasteiger partial charge in [-0.05, 0) is 36.4 Å². The number of benzene rings is 1. The summed E-state index contributed by atoms with van der Waals surface area (Å²) in [7, 11) is 0. The Kier molecular flexibility index (Phi) is 3.59. The predicted molar refractivity (Wildman–Crippen MR) is 93.9 cm³/mol. The summed E-state index contributed by atoms with van der Waals surface area (Å²) in [6.07, 6.45) is 3.23. The van der Waals surface area contributed by atoms with Crippen LogP contribution in [0.4, 0.5) is 11.5 Å². The van der Waals surface area contributed by atoms with Crippen molar-refractivity contribution in [2.24, 2.45) is 0 Å². The average Bonchev–Trinajstić information content (AvgIpc) is 2.67. The third kappa shape index (κ3) is 2.78. The molecule has 0 saturated heterocycles. The molecule has 0 aliphatic heterocycles. The fourth-order valence-electron chi connectivity index (χ4n) is 2.57. The zero-order valence-electron chi connectivity index (χ0n) is 13.0. The number of nitrogens with zero attached hydrogens (tertiary/aromatic N) is 4. The van der Waals surface area contributed by atoms with E-state index in [1.807, 2.05) is 42.5 Å². The second-order valence-electron chi connectivity index (χ2n) is 5.35. The Morgan fingerprint density at radius 2 is 1.84 bits per heavy atom. The zero-order chi connectivity index (χ0) is 17.2. The van der Waals surface area contributed by atoms with Gasteiger partial charge in [-0.3, -0.25) is 4.98 Å². The number of hydrogen-bond acceptors (Lipinski definition) is 6. The molecule has 122 valence electrons. The first-order valence-electron chi connectivity index (χ1n) is 7.58. The number of fused-ring (bicyclic) bond motifs is 1. The average molecular weight is 331 g/mol. The van der Waals surface area contributed by atoms with Gasteiger partial charge in [0, 0.05) is 23.6 Å². The molecule has 7 heteroatoms. The lowest BCUT2D eigenvalue weighted by Gasteiger charge is -2.10. The Morgan fingerprint density at radius 1 is 0.960 bits per heavy atom. The Morgan fingerprint density at radius 3 is 2.68 bits per heavy atom. The molecule has 0 unspecified atom stereocenters. The van der Waals surface area contributed by atoms with E-state index in [4.69, 9.17) is 0 Å². The fourth-order valence-corrected chi connectivity index (χ4v) is 2.57. The Balaban J connectivity index is 1.78. The van der Waals surface area contributed by atoms with Crippen molar-refractivity contribution in [1.82, 2.24) is 19.7 Å². The maximum absolute atomic E-state index is 11.8. The molecule has 0 aliphatic carbocycles. The molecule has 3 aromatic heterocycles. The predicted octanol–water partition coefficient (Wildman–Crippen LogP) is 2.83. The molecular formula is C18H13N5O2. The molecule has 3 heterocycles. The lowest BCUT2D eigenvalue weighted by molar-refractivity contribution is 0.182. The highest BCUT2D eigenvalue weighted by Crippen LogP contribution is 2.25. The molecule has 2 N–H and O–H groups in total. The third-order valence-corrected chi connectivity index (χ3v) is 3.72. The van der Waals surface area contributed by atoms with E-state index in [-0.39, 0.29) is 5.65 Å². The Bertz CT molecular complexity index is 1110.